The molecule has 21 heteroatoms. The second-order valence-electron chi connectivity index (χ2n) is 6.34. The first kappa shape index (κ1) is 25.1. The van der Waals surface area contributed by atoms with Crippen molar-refractivity contribution in [1.29, 1.82) is 0 Å². The van der Waals surface area contributed by atoms with Crippen molar-refractivity contribution in [2.75, 3.05) is 25.2 Å². The van der Waals surface area contributed by atoms with Gasteiger partial charge in [-0.25, -0.2) is 18.7 Å². The number of methoxy groups -OCH3 is 1. The van der Waals surface area contributed by atoms with Crippen LogP contribution in [0, 0.1) is 0 Å². The van der Waals surface area contributed by atoms with E-state index in [0.717, 1.165) is 0 Å². The highest BCUT2D eigenvalue weighted by Gasteiger charge is 2.43. The number of nitrogen functional groups attached to an aromatic ring is 2. The first-order chi connectivity index (χ1) is 14.7. The van der Waals surface area contributed by atoms with Crippen molar-refractivity contribution in [1.82, 2.24) is 19.5 Å². The highest BCUT2D eigenvalue weighted by molar-refractivity contribution is 7.66. The van der Waals surface area contributed by atoms with Gasteiger partial charge in [-0.15, -0.1) is 0 Å². The van der Waals surface area contributed by atoms with Gasteiger partial charge in [0.05, 0.1) is 19.0 Å². The van der Waals surface area contributed by atoms with Crippen LogP contribution in [0.25, 0.3) is 11.2 Å². The van der Waals surface area contributed by atoms with Gasteiger partial charge < -0.3 is 40.5 Å². The molecule has 2 unspecified atom stereocenters. The molecule has 2 aromatic rings. The first-order valence-electron chi connectivity index (χ1n) is 8.42. The number of aromatic nitrogens is 4. The molecule has 180 valence electrons. The number of fused-ring (bicyclic) bond motifs is 1. The van der Waals surface area contributed by atoms with Crippen LogP contribution in [0.4, 0.5) is 11.8 Å². The molecular formula is C11H19N6O12P3. The number of anilines is 2. The van der Waals surface area contributed by atoms with E-state index >= 15 is 0 Å². The Morgan fingerprint density at radius 2 is 1.84 bits per heavy atom. The number of imidazole rings is 1. The first-order valence-corrected chi connectivity index (χ1v) is 12.9. The van der Waals surface area contributed by atoms with E-state index in [9.17, 15) is 23.5 Å². The van der Waals surface area contributed by atoms with Gasteiger partial charge in [-0.1, -0.05) is 0 Å². The van der Waals surface area contributed by atoms with E-state index in [0.29, 0.717) is 0 Å². The van der Waals surface area contributed by atoms with E-state index in [1.54, 1.807) is 0 Å². The number of nitrogens with two attached hydrogens (primary N) is 2. The van der Waals surface area contributed by atoms with Crippen LogP contribution in [0.3, 0.4) is 0 Å². The van der Waals surface area contributed by atoms with Crippen molar-refractivity contribution in [3.05, 3.63) is 6.33 Å². The van der Waals surface area contributed by atoms with Gasteiger partial charge in [0.15, 0.2) is 17.7 Å². The minimum absolute atomic E-state index is 0.0439. The average molecular weight is 520 g/mol. The summed E-state index contributed by atoms with van der Waals surface area (Å²) in [5, 5.41) is 0. The molecule has 1 saturated heterocycles. The topological polar surface area (TPSA) is 274 Å². The monoisotopic (exact) mass is 520 g/mol. The lowest BCUT2D eigenvalue weighted by molar-refractivity contribution is -0.0577. The summed E-state index contributed by atoms with van der Waals surface area (Å²) in [4.78, 5) is 47.8. The third-order valence-corrected chi connectivity index (χ3v) is 7.83. The molecule has 1 aliphatic heterocycles. The molecule has 18 nitrogen and oxygen atoms in total. The van der Waals surface area contributed by atoms with E-state index in [4.69, 9.17) is 30.7 Å². The van der Waals surface area contributed by atoms with Gasteiger partial charge >= 0.3 is 23.5 Å². The summed E-state index contributed by atoms with van der Waals surface area (Å²) >= 11 is 0. The zero-order chi connectivity index (χ0) is 23.9. The fourth-order valence-corrected chi connectivity index (χ4v) is 5.95. The van der Waals surface area contributed by atoms with Gasteiger partial charge in [0.1, 0.15) is 11.6 Å². The number of hydrogen-bond acceptors (Lipinski definition) is 13. The standard InChI is InChI=1S/C11H19N6O12P3/c1-25-6-2-5(3-26-31(21,22)29-32(23,24)28-30(18,19)20)27-10(6)17-4-14-7-8(12)15-11(13)16-9(7)17/h4-6,10H,2-3H2,1H3,(H,21,22)(H,23,24)(H2,18,19,20)(H4,12,13,15,16)/t5-,6+,10+/m0/s1. The van der Waals surface area contributed by atoms with E-state index in [-0.39, 0.29) is 29.4 Å². The van der Waals surface area contributed by atoms with Crippen LogP contribution < -0.4 is 11.5 Å². The van der Waals surface area contributed by atoms with Gasteiger partial charge in [0, 0.05) is 13.5 Å². The second kappa shape index (κ2) is 9.02. The van der Waals surface area contributed by atoms with E-state index < -0.39 is 48.5 Å². The molecule has 32 heavy (non-hydrogen) atoms. The summed E-state index contributed by atoms with van der Waals surface area (Å²) in [6.45, 7) is -0.633. The van der Waals surface area contributed by atoms with Crippen molar-refractivity contribution in [3.8, 4) is 0 Å². The van der Waals surface area contributed by atoms with E-state index in [2.05, 4.69) is 28.1 Å². The van der Waals surface area contributed by atoms with Crippen LogP contribution in [-0.2, 0) is 36.3 Å². The molecule has 5 atom stereocenters. The summed E-state index contributed by atoms with van der Waals surface area (Å²) in [7, 11) is -15.0. The summed E-state index contributed by atoms with van der Waals surface area (Å²) in [6, 6.07) is 0. The zero-order valence-electron chi connectivity index (χ0n) is 16.1. The molecule has 0 spiro atoms. The van der Waals surface area contributed by atoms with E-state index in [1.165, 1.54) is 18.0 Å². The van der Waals surface area contributed by atoms with Crippen LogP contribution in [0.1, 0.15) is 12.6 Å². The van der Waals surface area contributed by atoms with Crippen LogP contribution in [0.15, 0.2) is 6.33 Å². The molecule has 0 aromatic carbocycles. The van der Waals surface area contributed by atoms with Gasteiger partial charge in [-0.3, -0.25) is 9.09 Å². The lowest BCUT2D eigenvalue weighted by atomic mass is 10.2. The molecule has 0 bridgehead atoms. The Morgan fingerprint density at radius 3 is 2.47 bits per heavy atom. The van der Waals surface area contributed by atoms with Crippen LogP contribution in [0.5, 0.6) is 0 Å². The SMILES string of the molecule is CO[C@@H]1C[C@@H](COP(=O)(O)OP(=O)(O)OP(=O)(O)O)O[C@H]1n1cnc2c(N)nc(N)nc21. The highest BCUT2D eigenvalue weighted by atomic mass is 31.3. The Morgan fingerprint density at radius 1 is 1.16 bits per heavy atom. The smallest absolute Gasteiger partial charge is 0.382 e. The Bertz CT molecular complexity index is 1140. The van der Waals surface area contributed by atoms with Gasteiger partial charge in [-0.2, -0.15) is 18.6 Å². The van der Waals surface area contributed by atoms with Crippen molar-refractivity contribution in [2.24, 2.45) is 0 Å². The average Bonchev–Trinajstić information content (AvgIpc) is 3.20. The largest absolute Gasteiger partial charge is 0.490 e. The summed E-state index contributed by atoms with van der Waals surface area (Å²) in [5.41, 5.74) is 11.9. The summed E-state index contributed by atoms with van der Waals surface area (Å²) in [5.74, 6) is -0.0599. The minimum atomic E-state index is -5.62. The molecule has 3 rings (SSSR count). The summed E-state index contributed by atoms with van der Waals surface area (Å²) < 4.78 is 58.4. The van der Waals surface area contributed by atoms with Gasteiger partial charge in [-0.05, 0) is 0 Å². The number of phosphoric ester groups is 1. The molecule has 3 heterocycles. The van der Waals surface area contributed by atoms with Crippen molar-refractivity contribution < 1.29 is 55.9 Å². The van der Waals surface area contributed by atoms with Crippen molar-refractivity contribution >= 4 is 46.4 Å². The molecule has 0 amide bonds. The fraction of sp³-hybridized carbons (Fsp3) is 0.545. The lowest BCUT2D eigenvalue weighted by Gasteiger charge is -2.19. The van der Waals surface area contributed by atoms with Crippen LogP contribution >= 0.6 is 23.5 Å². The Kier molecular flexibility index (Phi) is 7.08. The number of nitrogens with zero attached hydrogens (tertiary/aromatic N) is 4. The van der Waals surface area contributed by atoms with Crippen molar-refractivity contribution in [2.45, 2.75) is 24.9 Å². The molecule has 2 aromatic heterocycles. The van der Waals surface area contributed by atoms with Gasteiger partial charge in [0.25, 0.3) is 0 Å². The fourth-order valence-electron chi connectivity index (χ4n) is 2.90. The third kappa shape index (κ3) is 6.08. The lowest BCUT2D eigenvalue weighted by Crippen LogP contribution is -2.21. The Hall–Kier alpha value is -1.52. The highest BCUT2D eigenvalue weighted by Crippen LogP contribution is 2.66. The van der Waals surface area contributed by atoms with Crippen molar-refractivity contribution in [3.63, 3.8) is 0 Å². The Balaban J connectivity index is 1.70. The second-order valence-corrected chi connectivity index (χ2v) is 10.8. The minimum Gasteiger partial charge on any atom is -0.382 e. The molecule has 0 saturated carbocycles. The predicted octanol–water partition coefficient (Wildman–Crippen LogP) is -0.364. The molecular weight excluding hydrogens is 501 g/mol. The molecule has 1 fully saturated rings. The molecule has 0 radical (unpaired) electrons. The Labute approximate surface area is 178 Å². The number of phosphoric acid groups is 3. The third-order valence-electron chi connectivity index (χ3n) is 4.03. The van der Waals surface area contributed by atoms with Crippen LogP contribution in [0.2, 0.25) is 0 Å². The maximum absolute atomic E-state index is 11.9. The molecule has 8 N–H and O–H groups in total. The predicted molar refractivity (Wildman–Crippen MR) is 103 cm³/mol. The van der Waals surface area contributed by atoms with Gasteiger partial charge in [0.2, 0.25) is 5.95 Å². The zero-order valence-corrected chi connectivity index (χ0v) is 18.7. The molecule has 0 aliphatic carbocycles. The van der Waals surface area contributed by atoms with Crippen LogP contribution in [-0.4, -0.2) is 65.0 Å². The molecule has 1 aliphatic rings. The maximum atomic E-state index is 11.9. The maximum Gasteiger partial charge on any atom is 0.490 e. The number of ether oxygens (including phenoxy) is 2. The number of rotatable bonds is 9. The van der Waals surface area contributed by atoms with E-state index in [1.807, 2.05) is 0 Å². The summed E-state index contributed by atoms with van der Waals surface area (Å²) in [6.07, 6.45) is -0.847. The normalized spacial score (nSPS) is 25.6. The number of hydrogen-bond donors (Lipinski definition) is 6. The quantitative estimate of drug-likeness (QED) is 0.230.